The zero-order valence-corrected chi connectivity index (χ0v) is 29.2. The molecule has 3 heterocycles. The maximum atomic E-state index is 14.3. The van der Waals surface area contributed by atoms with Gasteiger partial charge in [-0.15, -0.1) is 0 Å². The van der Waals surface area contributed by atoms with Crippen molar-refractivity contribution in [1.82, 2.24) is 14.5 Å². The van der Waals surface area contributed by atoms with Crippen molar-refractivity contribution >= 4 is 33.3 Å². The van der Waals surface area contributed by atoms with E-state index in [0.29, 0.717) is 23.4 Å². The highest BCUT2D eigenvalue weighted by atomic mass is 32.2. The van der Waals surface area contributed by atoms with Crippen LogP contribution in [0.15, 0.2) is 59.1 Å². The second-order valence-electron chi connectivity index (χ2n) is 13.2. The van der Waals surface area contributed by atoms with E-state index < -0.39 is 34.4 Å². The number of nitrogens with one attached hydrogen (secondary N) is 2. The summed E-state index contributed by atoms with van der Waals surface area (Å²) >= 11 is 0. The predicted molar refractivity (Wildman–Crippen MR) is 181 cm³/mol. The van der Waals surface area contributed by atoms with Gasteiger partial charge in [0.15, 0.2) is 6.29 Å². The first kappa shape index (κ1) is 35.8. The van der Waals surface area contributed by atoms with E-state index in [4.69, 9.17) is 14.2 Å². The van der Waals surface area contributed by atoms with Crippen LogP contribution in [0, 0.1) is 11.8 Å². The maximum absolute atomic E-state index is 14.3. The van der Waals surface area contributed by atoms with E-state index in [1.54, 1.807) is 6.07 Å². The fourth-order valence-electron chi connectivity index (χ4n) is 6.54. The molecule has 13 heteroatoms. The first-order valence-electron chi connectivity index (χ1n) is 16.7. The standard InChI is InChI=1S/C35H48N4O8S/c1-6-15-38(5)23(4)32-27-18-25(12-13-28(27)36-33(32)41)48(43,44)39(19-22(2)3)20-30(40)29(17-24-10-8-7-9-11-24)37-35(42)47-31-21-46-34-26(31)14-16-45-34/h7-13,18,22,26,29-31,34,40H,6,14-17,19-21H2,1-5H3,(H,36,41)(H,37,42)/b32-23-/t26?,29-,30+,31-,34?/m0/s1. The highest BCUT2D eigenvalue weighted by molar-refractivity contribution is 7.89. The number of carbonyl (C=O) groups excluding carboxylic acids is 2. The average Bonchev–Trinajstić information content (AvgIpc) is 3.75. The molecule has 2 unspecified atom stereocenters. The van der Waals surface area contributed by atoms with Crippen LogP contribution in [0.25, 0.3) is 5.57 Å². The highest BCUT2D eigenvalue weighted by Gasteiger charge is 2.44. The Hall–Kier alpha value is -3.49. The number of aliphatic hydroxyl groups is 1. The highest BCUT2D eigenvalue weighted by Crippen LogP contribution is 2.37. The molecule has 3 aliphatic rings. The Morgan fingerprint density at radius 1 is 1.15 bits per heavy atom. The number of anilines is 1. The Bertz CT molecular complexity index is 1600. The van der Waals surface area contributed by atoms with Gasteiger partial charge in [-0.2, -0.15) is 4.31 Å². The minimum Gasteiger partial charge on any atom is -0.443 e. The third kappa shape index (κ3) is 8.03. The predicted octanol–water partition coefficient (Wildman–Crippen LogP) is 3.82. The van der Waals surface area contributed by atoms with Gasteiger partial charge in [0.05, 0.1) is 41.7 Å². The van der Waals surface area contributed by atoms with Gasteiger partial charge in [0, 0.05) is 43.6 Å². The van der Waals surface area contributed by atoms with Crippen LogP contribution in [-0.2, 0) is 35.4 Å². The molecule has 262 valence electrons. The third-order valence-electron chi connectivity index (χ3n) is 9.14. The summed E-state index contributed by atoms with van der Waals surface area (Å²) in [5.74, 6) is -0.403. The molecule has 0 radical (unpaired) electrons. The molecule has 0 aliphatic carbocycles. The van der Waals surface area contributed by atoms with Gasteiger partial charge in [-0.1, -0.05) is 51.1 Å². The molecule has 0 saturated carbocycles. The zero-order chi connectivity index (χ0) is 34.6. The van der Waals surface area contributed by atoms with E-state index in [1.807, 2.05) is 70.0 Å². The maximum Gasteiger partial charge on any atom is 0.407 e. The lowest BCUT2D eigenvalue weighted by atomic mass is 10.0. The zero-order valence-electron chi connectivity index (χ0n) is 28.3. The summed E-state index contributed by atoms with van der Waals surface area (Å²) < 4.78 is 46.7. The van der Waals surface area contributed by atoms with Crippen molar-refractivity contribution in [2.24, 2.45) is 11.8 Å². The van der Waals surface area contributed by atoms with Crippen LogP contribution in [0.2, 0.25) is 0 Å². The second-order valence-corrected chi connectivity index (χ2v) is 15.2. The molecule has 0 bridgehead atoms. The summed E-state index contributed by atoms with van der Waals surface area (Å²) in [5.41, 5.74) is 3.10. The van der Waals surface area contributed by atoms with Crippen molar-refractivity contribution in [1.29, 1.82) is 0 Å². The summed E-state index contributed by atoms with van der Waals surface area (Å²) in [7, 11) is -2.25. The molecule has 2 aromatic carbocycles. The van der Waals surface area contributed by atoms with Crippen LogP contribution in [0.1, 0.15) is 51.7 Å². The molecule has 2 saturated heterocycles. The van der Waals surface area contributed by atoms with Crippen LogP contribution in [0.3, 0.4) is 0 Å². The van der Waals surface area contributed by atoms with Gasteiger partial charge >= 0.3 is 6.09 Å². The van der Waals surface area contributed by atoms with Crippen molar-refractivity contribution in [2.75, 3.05) is 45.2 Å². The van der Waals surface area contributed by atoms with Crippen LogP contribution < -0.4 is 10.6 Å². The van der Waals surface area contributed by atoms with E-state index in [9.17, 15) is 23.1 Å². The molecule has 12 nitrogen and oxygen atoms in total. The number of fused-ring (bicyclic) bond motifs is 2. The molecule has 2 aromatic rings. The molecule has 48 heavy (non-hydrogen) atoms. The first-order valence-corrected chi connectivity index (χ1v) is 18.1. The van der Waals surface area contributed by atoms with Gasteiger partial charge in [-0.05, 0) is 55.9 Å². The molecule has 3 aliphatic heterocycles. The number of hydrogen-bond donors (Lipinski definition) is 3. The van der Waals surface area contributed by atoms with Gasteiger partial charge in [-0.25, -0.2) is 13.2 Å². The lowest BCUT2D eigenvalue weighted by Gasteiger charge is -2.31. The molecule has 0 aromatic heterocycles. The summed E-state index contributed by atoms with van der Waals surface area (Å²) in [6.45, 7) is 9.05. The van der Waals surface area contributed by atoms with Gasteiger partial charge in [-0.3, -0.25) is 4.79 Å². The number of nitrogens with zero attached hydrogens (tertiary/aromatic N) is 2. The van der Waals surface area contributed by atoms with E-state index in [2.05, 4.69) is 10.6 Å². The average molecular weight is 685 g/mol. The quantitative estimate of drug-likeness (QED) is 0.253. The Morgan fingerprint density at radius 3 is 2.60 bits per heavy atom. The van der Waals surface area contributed by atoms with Crippen molar-refractivity contribution in [2.45, 2.75) is 76.4 Å². The van der Waals surface area contributed by atoms with Crippen LogP contribution in [0.4, 0.5) is 10.5 Å². The van der Waals surface area contributed by atoms with Crippen molar-refractivity contribution in [3.63, 3.8) is 0 Å². The largest absolute Gasteiger partial charge is 0.443 e. The van der Waals surface area contributed by atoms with Crippen molar-refractivity contribution in [3.8, 4) is 0 Å². The van der Waals surface area contributed by atoms with Gasteiger partial charge in [0.1, 0.15) is 6.10 Å². The molecular formula is C35H48N4O8S. The molecule has 5 atom stereocenters. The lowest BCUT2D eigenvalue weighted by molar-refractivity contribution is -0.110. The van der Waals surface area contributed by atoms with Gasteiger partial charge < -0.3 is 34.9 Å². The first-order chi connectivity index (χ1) is 22.9. The number of allylic oxidation sites excluding steroid dienone is 1. The molecule has 2 amide bonds. The minimum absolute atomic E-state index is 0.00981. The number of hydrogen-bond acceptors (Lipinski definition) is 9. The summed E-state index contributed by atoms with van der Waals surface area (Å²) in [6, 6.07) is 13.1. The smallest absolute Gasteiger partial charge is 0.407 e. The van der Waals surface area contributed by atoms with Crippen molar-refractivity contribution < 1.29 is 37.3 Å². The van der Waals surface area contributed by atoms with Crippen LogP contribution in [-0.4, -0.2) is 99.2 Å². The van der Waals surface area contributed by atoms with Gasteiger partial charge in [0.25, 0.3) is 5.91 Å². The lowest BCUT2D eigenvalue weighted by Crippen LogP contribution is -2.51. The topological polar surface area (TPSA) is 147 Å². The van der Waals surface area contributed by atoms with E-state index >= 15 is 0 Å². The van der Waals surface area contributed by atoms with Gasteiger partial charge in [0.2, 0.25) is 10.0 Å². The van der Waals surface area contributed by atoms with E-state index in [-0.39, 0.29) is 55.0 Å². The number of ether oxygens (including phenoxy) is 3. The number of rotatable bonds is 14. The monoisotopic (exact) mass is 684 g/mol. The fraction of sp³-hybridized carbons (Fsp3) is 0.543. The third-order valence-corrected chi connectivity index (χ3v) is 11.0. The summed E-state index contributed by atoms with van der Waals surface area (Å²) in [6.07, 6.45) is -1.01. The number of alkyl carbamates (subject to hydrolysis) is 1. The molecular weight excluding hydrogens is 636 g/mol. The van der Waals surface area contributed by atoms with Crippen LogP contribution in [0.5, 0.6) is 0 Å². The normalized spacial score (nSPS) is 22.7. The SMILES string of the molecule is CCCN(C)/C(C)=C1\C(=O)Nc2ccc(S(=O)(=O)N(CC(C)C)C[C@@H](O)[C@H](Cc3ccccc3)NC(=O)O[C@H]3COC4OCCC43)cc21. The number of aliphatic hydroxyl groups excluding tert-OH is 1. The Kier molecular flexibility index (Phi) is 11.5. The summed E-state index contributed by atoms with van der Waals surface area (Å²) in [4.78, 5) is 28.2. The van der Waals surface area contributed by atoms with E-state index in [1.165, 1.54) is 16.4 Å². The Balaban J connectivity index is 1.39. The molecule has 3 N–H and O–H groups in total. The van der Waals surface area contributed by atoms with Crippen molar-refractivity contribution in [3.05, 3.63) is 65.4 Å². The molecule has 0 spiro atoms. The van der Waals surface area contributed by atoms with E-state index in [0.717, 1.165) is 30.6 Å². The molecule has 2 fully saturated rings. The second kappa shape index (κ2) is 15.4. The Morgan fingerprint density at radius 2 is 1.90 bits per heavy atom. The minimum atomic E-state index is -4.15. The number of sulfonamides is 1. The number of benzene rings is 2. The Labute approximate surface area is 283 Å². The number of amides is 2. The molecule has 5 rings (SSSR count). The number of carbonyl (C=O) groups is 2. The van der Waals surface area contributed by atoms with Crippen LogP contribution >= 0.6 is 0 Å². The summed E-state index contributed by atoms with van der Waals surface area (Å²) in [5, 5.41) is 17.3. The fourth-order valence-corrected chi connectivity index (χ4v) is 8.19.